The van der Waals surface area contributed by atoms with Gasteiger partial charge in [-0.2, -0.15) is 0 Å². The molecule has 0 bridgehead atoms. The number of hydrogen-bond donors (Lipinski definition) is 1. The van der Waals surface area contributed by atoms with Crippen LogP contribution < -0.4 is 5.32 Å². The van der Waals surface area contributed by atoms with Gasteiger partial charge < -0.3 is 5.32 Å². The zero-order chi connectivity index (χ0) is 14.1. The summed E-state index contributed by atoms with van der Waals surface area (Å²) in [4.78, 5) is 1.40. The van der Waals surface area contributed by atoms with Gasteiger partial charge in [-0.25, -0.2) is 0 Å². The van der Waals surface area contributed by atoms with Crippen LogP contribution in [0.2, 0.25) is 0 Å². The van der Waals surface area contributed by atoms with Crippen molar-refractivity contribution in [3.05, 3.63) is 29.8 Å². The second kappa shape index (κ2) is 9.44. The van der Waals surface area contributed by atoms with Gasteiger partial charge in [0.15, 0.2) is 0 Å². The normalized spacial score (nSPS) is 12.9. The molecule has 0 fully saturated rings. The fraction of sp³-hybridized carbons (Fsp3) is 0.647. The van der Waals surface area contributed by atoms with Crippen LogP contribution in [0.1, 0.15) is 45.6 Å². The van der Waals surface area contributed by atoms with E-state index >= 15 is 0 Å². The number of rotatable bonds is 9. The number of hydrogen-bond acceptors (Lipinski definition) is 2. The van der Waals surface area contributed by atoms with Gasteiger partial charge >= 0.3 is 0 Å². The van der Waals surface area contributed by atoms with Gasteiger partial charge in [0.05, 0.1) is 0 Å². The lowest BCUT2D eigenvalue weighted by Crippen LogP contribution is -2.33. The fourth-order valence-corrected chi connectivity index (χ4v) is 3.52. The van der Waals surface area contributed by atoms with Gasteiger partial charge in [0.1, 0.15) is 0 Å². The molecule has 0 aliphatic rings. The fourth-order valence-electron chi connectivity index (χ4n) is 2.43. The Kier molecular flexibility index (Phi) is 8.24. The van der Waals surface area contributed by atoms with Gasteiger partial charge in [0.25, 0.3) is 0 Å². The minimum absolute atomic E-state index is 0.639. The van der Waals surface area contributed by atoms with Gasteiger partial charge in [-0.15, -0.1) is 11.8 Å². The van der Waals surface area contributed by atoms with Crippen LogP contribution in [0.3, 0.4) is 0 Å². The molecular weight excluding hydrogens is 250 g/mol. The summed E-state index contributed by atoms with van der Waals surface area (Å²) in [5, 5.41) is 3.65. The molecular formula is C17H29NS. The van der Waals surface area contributed by atoms with Crippen molar-refractivity contribution in [2.24, 2.45) is 5.92 Å². The molecule has 108 valence electrons. The highest BCUT2D eigenvalue weighted by Crippen LogP contribution is 2.23. The summed E-state index contributed by atoms with van der Waals surface area (Å²) < 4.78 is 0. The first-order valence-electron chi connectivity index (χ1n) is 7.62. The highest BCUT2D eigenvalue weighted by Gasteiger charge is 2.13. The van der Waals surface area contributed by atoms with Gasteiger partial charge in [0.2, 0.25) is 0 Å². The van der Waals surface area contributed by atoms with Crippen molar-refractivity contribution in [2.45, 2.75) is 57.9 Å². The van der Waals surface area contributed by atoms with Crippen LogP contribution in [0, 0.1) is 12.8 Å². The van der Waals surface area contributed by atoms with Crippen LogP contribution in [0.5, 0.6) is 0 Å². The van der Waals surface area contributed by atoms with E-state index in [4.69, 9.17) is 0 Å². The lowest BCUT2D eigenvalue weighted by Gasteiger charge is -2.22. The molecule has 0 aliphatic carbocycles. The van der Waals surface area contributed by atoms with Gasteiger partial charge in [-0.05, 0) is 37.9 Å². The Labute approximate surface area is 123 Å². The molecule has 2 heteroatoms. The van der Waals surface area contributed by atoms with Crippen LogP contribution in [0.4, 0.5) is 0 Å². The van der Waals surface area contributed by atoms with Crippen LogP contribution in [-0.4, -0.2) is 18.3 Å². The lowest BCUT2D eigenvalue weighted by molar-refractivity contribution is 0.388. The molecule has 0 spiro atoms. The van der Waals surface area contributed by atoms with Crippen molar-refractivity contribution in [2.75, 3.05) is 12.3 Å². The van der Waals surface area contributed by atoms with Gasteiger partial charge in [0, 0.05) is 16.7 Å². The topological polar surface area (TPSA) is 12.0 Å². The summed E-state index contributed by atoms with van der Waals surface area (Å²) in [6.45, 7) is 10.1. The van der Waals surface area contributed by atoms with Gasteiger partial charge in [-0.3, -0.25) is 0 Å². The first-order valence-corrected chi connectivity index (χ1v) is 8.60. The van der Waals surface area contributed by atoms with Crippen LogP contribution in [0.25, 0.3) is 0 Å². The molecule has 0 saturated carbocycles. The molecule has 1 rings (SSSR count). The van der Waals surface area contributed by atoms with E-state index in [1.165, 1.54) is 35.5 Å². The third kappa shape index (κ3) is 6.49. The third-order valence-electron chi connectivity index (χ3n) is 3.71. The number of thioether (sulfide) groups is 1. The Morgan fingerprint density at radius 3 is 2.47 bits per heavy atom. The Morgan fingerprint density at radius 1 is 1.16 bits per heavy atom. The maximum atomic E-state index is 3.65. The molecule has 0 heterocycles. The zero-order valence-electron chi connectivity index (χ0n) is 12.9. The van der Waals surface area contributed by atoms with E-state index in [1.54, 1.807) is 0 Å². The molecule has 1 N–H and O–H groups in total. The summed E-state index contributed by atoms with van der Waals surface area (Å²) in [5.74, 6) is 2.04. The quantitative estimate of drug-likeness (QED) is 0.646. The third-order valence-corrected chi connectivity index (χ3v) is 4.86. The first kappa shape index (κ1) is 16.6. The van der Waals surface area contributed by atoms with Crippen molar-refractivity contribution in [1.29, 1.82) is 0 Å². The summed E-state index contributed by atoms with van der Waals surface area (Å²) >= 11 is 1.98. The monoisotopic (exact) mass is 279 g/mol. The molecule has 1 unspecified atom stereocenters. The molecule has 0 amide bonds. The van der Waals surface area contributed by atoms with Crippen LogP contribution in [0.15, 0.2) is 29.2 Å². The molecule has 0 saturated heterocycles. The Bertz CT molecular complexity index is 347. The SMILES string of the molecule is CCNC(CSc1cccc(C)c1)CC(CC)CC. The predicted octanol–water partition coefficient (Wildman–Crippen LogP) is 4.89. The molecule has 0 radical (unpaired) electrons. The molecule has 19 heavy (non-hydrogen) atoms. The maximum absolute atomic E-state index is 3.65. The standard InChI is InChI=1S/C17H29NS/c1-5-15(6-2)12-16(18-7-3)13-19-17-10-8-9-14(4)11-17/h8-11,15-16,18H,5-7,12-13H2,1-4H3. The average Bonchev–Trinajstić information content (AvgIpc) is 2.42. The average molecular weight is 279 g/mol. The summed E-state index contributed by atoms with van der Waals surface area (Å²) in [7, 11) is 0. The van der Waals surface area contributed by atoms with E-state index in [2.05, 4.69) is 57.3 Å². The van der Waals surface area contributed by atoms with Crippen molar-refractivity contribution < 1.29 is 0 Å². The van der Waals surface area contributed by atoms with Crippen molar-refractivity contribution in [1.82, 2.24) is 5.32 Å². The second-order valence-corrected chi connectivity index (χ2v) is 6.39. The molecule has 1 nitrogen and oxygen atoms in total. The number of benzene rings is 1. The summed E-state index contributed by atoms with van der Waals surface area (Å²) in [6, 6.07) is 9.46. The van der Waals surface area contributed by atoms with E-state index < -0.39 is 0 Å². The number of aryl methyl sites for hydroxylation is 1. The second-order valence-electron chi connectivity index (χ2n) is 5.30. The summed E-state index contributed by atoms with van der Waals surface area (Å²) in [5.41, 5.74) is 1.35. The Balaban J connectivity index is 2.49. The minimum Gasteiger partial charge on any atom is -0.313 e. The minimum atomic E-state index is 0.639. The van der Waals surface area contributed by atoms with Crippen LogP contribution >= 0.6 is 11.8 Å². The Morgan fingerprint density at radius 2 is 1.89 bits per heavy atom. The smallest absolute Gasteiger partial charge is 0.0164 e. The highest BCUT2D eigenvalue weighted by molar-refractivity contribution is 7.99. The highest BCUT2D eigenvalue weighted by atomic mass is 32.2. The van der Waals surface area contributed by atoms with Crippen molar-refractivity contribution in [3.63, 3.8) is 0 Å². The summed E-state index contributed by atoms with van der Waals surface area (Å²) in [6.07, 6.45) is 3.90. The van der Waals surface area contributed by atoms with E-state index in [9.17, 15) is 0 Å². The maximum Gasteiger partial charge on any atom is 0.0164 e. The van der Waals surface area contributed by atoms with E-state index in [1.807, 2.05) is 11.8 Å². The van der Waals surface area contributed by atoms with Crippen molar-refractivity contribution >= 4 is 11.8 Å². The van der Waals surface area contributed by atoms with Crippen molar-refractivity contribution in [3.8, 4) is 0 Å². The molecule has 0 aromatic heterocycles. The van der Waals surface area contributed by atoms with Gasteiger partial charge in [-0.1, -0.05) is 51.3 Å². The molecule has 0 aliphatic heterocycles. The zero-order valence-corrected chi connectivity index (χ0v) is 13.7. The van der Waals surface area contributed by atoms with E-state index in [0.717, 1.165) is 12.5 Å². The molecule has 1 aromatic carbocycles. The van der Waals surface area contributed by atoms with E-state index in [-0.39, 0.29) is 0 Å². The van der Waals surface area contributed by atoms with Crippen LogP contribution in [-0.2, 0) is 0 Å². The Hall–Kier alpha value is -0.470. The molecule has 1 atom stereocenters. The molecule has 1 aromatic rings. The first-order chi connectivity index (χ1) is 9.19. The predicted molar refractivity (Wildman–Crippen MR) is 88.1 cm³/mol. The largest absolute Gasteiger partial charge is 0.313 e. The lowest BCUT2D eigenvalue weighted by atomic mass is 9.95. The van der Waals surface area contributed by atoms with E-state index in [0.29, 0.717) is 6.04 Å². The number of nitrogens with one attached hydrogen (secondary N) is 1.